The fraction of sp³-hybridized carbons (Fsp3) is 0.400. The van der Waals surface area contributed by atoms with Crippen LogP contribution in [0.5, 0.6) is 0 Å². The third-order valence-electron chi connectivity index (χ3n) is 0.978. The predicted octanol–water partition coefficient (Wildman–Crippen LogP) is 0.629. The maximum atomic E-state index is 11.6. The summed E-state index contributed by atoms with van der Waals surface area (Å²) in [5, 5.41) is 8.77. The largest absolute Gasteiger partial charge is 0.335 e. The first-order chi connectivity index (χ1) is 5.83. The number of rotatable bonds is 3. The Balaban J connectivity index is 2.27. The zero-order chi connectivity index (χ0) is 8.81. The van der Waals surface area contributed by atoms with Crippen LogP contribution < -0.4 is 10.6 Å². The summed E-state index contributed by atoms with van der Waals surface area (Å²) in [6.07, 6.45) is 1.42. The molecule has 0 aliphatic carbocycles. The number of carbonyl (C=O) groups excluding carboxylic acids is 1. The molecule has 2 amide bonds. The van der Waals surface area contributed by atoms with Crippen LogP contribution in [-0.2, 0) is 0 Å². The topological polar surface area (TPSA) is 66.9 Å². The van der Waals surface area contributed by atoms with E-state index < -0.39 is 12.7 Å². The van der Waals surface area contributed by atoms with E-state index in [4.69, 9.17) is 0 Å². The fourth-order valence-corrected chi connectivity index (χ4v) is 0.954. The molecule has 0 saturated heterocycles. The van der Waals surface area contributed by atoms with E-state index in [0.717, 1.165) is 11.5 Å². The molecule has 0 saturated carbocycles. The van der Waals surface area contributed by atoms with Crippen LogP contribution in [0, 0.1) is 0 Å². The number of carbonyl (C=O) groups is 1. The van der Waals surface area contributed by atoms with Crippen molar-refractivity contribution in [3.05, 3.63) is 6.20 Å². The Labute approximate surface area is 72.1 Å². The highest BCUT2D eigenvalue weighted by Gasteiger charge is 2.01. The van der Waals surface area contributed by atoms with Crippen molar-refractivity contribution in [1.29, 1.82) is 0 Å². The summed E-state index contributed by atoms with van der Waals surface area (Å²) >= 11 is 1.06. The quantitative estimate of drug-likeness (QED) is 0.734. The molecule has 66 valence electrons. The molecule has 1 heterocycles. The lowest BCUT2D eigenvalue weighted by molar-refractivity contribution is 0.251. The van der Waals surface area contributed by atoms with Crippen LogP contribution >= 0.6 is 11.5 Å². The van der Waals surface area contributed by atoms with Crippen LogP contribution in [0.15, 0.2) is 6.20 Å². The zero-order valence-corrected chi connectivity index (χ0v) is 6.90. The number of alkyl halides is 1. The van der Waals surface area contributed by atoms with Gasteiger partial charge in [-0.15, -0.1) is 5.10 Å². The molecule has 1 aromatic rings. The van der Waals surface area contributed by atoms with Crippen molar-refractivity contribution < 1.29 is 9.18 Å². The highest BCUT2D eigenvalue weighted by atomic mass is 32.1. The molecule has 0 aliphatic rings. The average Bonchev–Trinajstić information content (AvgIpc) is 2.53. The predicted molar refractivity (Wildman–Crippen MR) is 42.9 cm³/mol. The van der Waals surface area contributed by atoms with Crippen molar-refractivity contribution in [2.75, 3.05) is 18.5 Å². The number of nitrogens with one attached hydrogen (secondary N) is 2. The van der Waals surface area contributed by atoms with Gasteiger partial charge in [-0.2, -0.15) is 0 Å². The molecule has 0 spiro atoms. The van der Waals surface area contributed by atoms with E-state index in [1.165, 1.54) is 6.20 Å². The minimum Gasteiger partial charge on any atom is -0.335 e. The molecule has 0 bridgehead atoms. The summed E-state index contributed by atoms with van der Waals surface area (Å²) in [7, 11) is 0. The molecule has 0 aliphatic heterocycles. The number of aromatic nitrogens is 2. The number of anilines is 1. The second-order valence-electron chi connectivity index (χ2n) is 1.85. The van der Waals surface area contributed by atoms with Gasteiger partial charge in [0, 0.05) is 18.1 Å². The van der Waals surface area contributed by atoms with Crippen LogP contribution in [0.2, 0.25) is 0 Å². The summed E-state index contributed by atoms with van der Waals surface area (Å²) in [5.74, 6) is 0. The standard InChI is InChI=1S/C5H7FN4OS/c6-1-2-7-5(11)9-4-3-8-10-12-4/h3H,1-2H2,(H2,7,9,11). The molecule has 0 atom stereocenters. The molecule has 7 heteroatoms. The third kappa shape index (κ3) is 2.79. The normalized spacial score (nSPS) is 9.42. The molecule has 1 rings (SSSR count). The summed E-state index contributed by atoms with van der Waals surface area (Å²) in [6.45, 7) is -0.563. The van der Waals surface area contributed by atoms with Crippen LogP contribution in [0.3, 0.4) is 0 Å². The van der Waals surface area contributed by atoms with Gasteiger partial charge in [-0.1, -0.05) is 4.49 Å². The van der Waals surface area contributed by atoms with E-state index in [0.29, 0.717) is 5.00 Å². The van der Waals surface area contributed by atoms with Crippen molar-refractivity contribution >= 4 is 22.6 Å². The van der Waals surface area contributed by atoms with E-state index in [1.54, 1.807) is 0 Å². The number of urea groups is 1. The summed E-state index contributed by atoms with van der Waals surface area (Å²) in [5.41, 5.74) is 0. The SMILES string of the molecule is O=C(NCCF)Nc1cnns1. The summed E-state index contributed by atoms with van der Waals surface area (Å²) in [6, 6.07) is -0.446. The molecule has 2 N–H and O–H groups in total. The smallest absolute Gasteiger partial charge is 0.320 e. The van der Waals surface area contributed by atoms with Gasteiger partial charge >= 0.3 is 6.03 Å². The van der Waals surface area contributed by atoms with Crippen LogP contribution in [-0.4, -0.2) is 28.8 Å². The summed E-state index contributed by atoms with van der Waals surface area (Å²) in [4.78, 5) is 10.8. The van der Waals surface area contributed by atoms with Crippen molar-refractivity contribution in [3.63, 3.8) is 0 Å². The minimum absolute atomic E-state index is 0.0120. The second kappa shape index (κ2) is 4.60. The molecule has 1 aromatic heterocycles. The Kier molecular flexibility index (Phi) is 3.39. The molecule has 0 fully saturated rings. The molecular weight excluding hydrogens is 183 g/mol. The lowest BCUT2D eigenvalue weighted by Gasteiger charge is -2.01. The molecule has 0 aromatic carbocycles. The average molecular weight is 190 g/mol. The Morgan fingerprint density at radius 1 is 1.75 bits per heavy atom. The van der Waals surface area contributed by atoms with Gasteiger partial charge in [-0.3, -0.25) is 5.32 Å². The van der Waals surface area contributed by atoms with Crippen LogP contribution in [0.4, 0.5) is 14.2 Å². The van der Waals surface area contributed by atoms with Crippen molar-refractivity contribution in [2.45, 2.75) is 0 Å². The van der Waals surface area contributed by atoms with Gasteiger partial charge < -0.3 is 5.32 Å². The first-order valence-corrected chi connectivity index (χ1v) is 3.98. The zero-order valence-electron chi connectivity index (χ0n) is 6.08. The van der Waals surface area contributed by atoms with Gasteiger partial charge in [0.1, 0.15) is 11.7 Å². The Morgan fingerprint density at radius 2 is 2.58 bits per heavy atom. The molecule has 5 nitrogen and oxygen atoms in total. The van der Waals surface area contributed by atoms with Crippen molar-refractivity contribution in [2.24, 2.45) is 0 Å². The number of amides is 2. The number of halogens is 1. The first-order valence-electron chi connectivity index (χ1n) is 3.21. The third-order valence-corrected chi connectivity index (χ3v) is 1.56. The maximum Gasteiger partial charge on any atom is 0.320 e. The summed E-state index contributed by atoms with van der Waals surface area (Å²) < 4.78 is 15.1. The van der Waals surface area contributed by atoms with E-state index in [-0.39, 0.29) is 6.54 Å². The molecule has 0 unspecified atom stereocenters. The number of hydrogen-bond acceptors (Lipinski definition) is 4. The van der Waals surface area contributed by atoms with Crippen molar-refractivity contribution in [3.8, 4) is 0 Å². The monoisotopic (exact) mass is 190 g/mol. The minimum atomic E-state index is -0.575. The van der Waals surface area contributed by atoms with Gasteiger partial charge in [0.15, 0.2) is 0 Å². The van der Waals surface area contributed by atoms with E-state index >= 15 is 0 Å². The second-order valence-corrected chi connectivity index (χ2v) is 2.64. The Hall–Kier alpha value is -1.24. The van der Waals surface area contributed by atoms with E-state index in [1.807, 2.05) is 0 Å². The van der Waals surface area contributed by atoms with Crippen LogP contribution in [0.25, 0.3) is 0 Å². The lowest BCUT2D eigenvalue weighted by Crippen LogP contribution is -2.29. The maximum absolute atomic E-state index is 11.6. The molecule has 12 heavy (non-hydrogen) atoms. The van der Waals surface area contributed by atoms with E-state index in [9.17, 15) is 9.18 Å². The highest BCUT2D eigenvalue weighted by Crippen LogP contribution is 2.07. The number of nitrogens with zero attached hydrogens (tertiary/aromatic N) is 2. The van der Waals surface area contributed by atoms with Gasteiger partial charge in [-0.05, 0) is 0 Å². The van der Waals surface area contributed by atoms with Gasteiger partial charge in [0.2, 0.25) is 0 Å². The van der Waals surface area contributed by atoms with Gasteiger partial charge in [0.25, 0.3) is 0 Å². The number of hydrogen-bond donors (Lipinski definition) is 2. The van der Waals surface area contributed by atoms with Gasteiger partial charge in [0.05, 0.1) is 6.20 Å². The van der Waals surface area contributed by atoms with Crippen molar-refractivity contribution in [1.82, 2.24) is 14.9 Å². The van der Waals surface area contributed by atoms with E-state index in [2.05, 4.69) is 20.2 Å². The van der Waals surface area contributed by atoms with Crippen LogP contribution in [0.1, 0.15) is 0 Å². The first kappa shape index (κ1) is 8.85. The molecular formula is C5H7FN4OS. The highest BCUT2D eigenvalue weighted by molar-refractivity contribution is 7.10. The Morgan fingerprint density at radius 3 is 3.17 bits per heavy atom. The fourth-order valence-electron chi connectivity index (χ4n) is 0.539. The lowest BCUT2D eigenvalue weighted by atomic mass is 10.7. The Bertz CT molecular complexity index is 240. The molecule has 0 radical (unpaired) electrons. The van der Waals surface area contributed by atoms with Gasteiger partial charge in [-0.25, -0.2) is 9.18 Å².